The van der Waals surface area contributed by atoms with Gasteiger partial charge in [0.15, 0.2) is 11.5 Å². The molecule has 0 fully saturated rings. The first-order valence-electron chi connectivity index (χ1n) is 10.0. The summed E-state index contributed by atoms with van der Waals surface area (Å²) >= 11 is 0. The van der Waals surface area contributed by atoms with Crippen LogP contribution >= 0.6 is 0 Å². The number of rotatable bonds is 11. The molecule has 0 radical (unpaired) electrons. The number of fused-ring (bicyclic) bond motifs is 1. The van der Waals surface area contributed by atoms with Gasteiger partial charge in [-0.1, -0.05) is 32.0 Å². The maximum Gasteiger partial charge on any atom is 0.231 e. The van der Waals surface area contributed by atoms with Crippen molar-refractivity contribution in [3.8, 4) is 17.2 Å². The van der Waals surface area contributed by atoms with Gasteiger partial charge in [-0.25, -0.2) is 0 Å². The molecule has 1 heterocycles. The van der Waals surface area contributed by atoms with E-state index in [0.717, 1.165) is 28.4 Å². The van der Waals surface area contributed by atoms with E-state index in [9.17, 15) is 5.11 Å². The Morgan fingerprint density at radius 2 is 1.66 bits per heavy atom. The summed E-state index contributed by atoms with van der Waals surface area (Å²) < 4.78 is 21.8. The largest absolute Gasteiger partial charge is 0.497 e. The van der Waals surface area contributed by atoms with E-state index in [2.05, 4.69) is 18.7 Å². The van der Waals surface area contributed by atoms with Crippen LogP contribution < -0.4 is 14.2 Å². The van der Waals surface area contributed by atoms with Crippen LogP contribution in [0.4, 0.5) is 0 Å². The van der Waals surface area contributed by atoms with Crippen LogP contribution in [0.2, 0.25) is 0 Å². The third-order valence-corrected chi connectivity index (χ3v) is 4.64. The zero-order valence-corrected chi connectivity index (χ0v) is 17.5. The topological polar surface area (TPSA) is 60.4 Å². The number of methoxy groups -OCH3 is 1. The molecule has 1 aliphatic rings. The Morgan fingerprint density at radius 3 is 2.38 bits per heavy atom. The minimum absolute atomic E-state index is 0.264. The van der Waals surface area contributed by atoms with Gasteiger partial charge in [0.2, 0.25) is 6.79 Å². The SMILES string of the molecule is COc1ccc(CN(Cc2ccc3c(c2)OCO3)C[C@@H](O)COCC(C)C)cc1. The predicted octanol–water partition coefficient (Wildman–Crippen LogP) is 3.46. The molecule has 158 valence electrons. The fourth-order valence-electron chi connectivity index (χ4n) is 3.26. The number of hydrogen-bond acceptors (Lipinski definition) is 6. The van der Waals surface area contributed by atoms with E-state index >= 15 is 0 Å². The van der Waals surface area contributed by atoms with Gasteiger partial charge >= 0.3 is 0 Å². The van der Waals surface area contributed by atoms with E-state index < -0.39 is 6.10 Å². The molecule has 0 spiro atoms. The molecule has 6 nitrogen and oxygen atoms in total. The normalized spacial score (nSPS) is 13.9. The highest BCUT2D eigenvalue weighted by atomic mass is 16.7. The fourth-order valence-corrected chi connectivity index (χ4v) is 3.26. The highest BCUT2D eigenvalue weighted by Gasteiger charge is 2.17. The van der Waals surface area contributed by atoms with Gasteiger partial charge in [0.1, 0.15) is 5.75 Å². The number of benzene rings is 2. The Balaban J connectivity index is 1.66. The lowest BCUT2D eigenvalue weighted by Crippen LogP contribution is -2.34. The van der Waals surface area contributed by atoms with Crippen molar-refractivity contribution >= 4 is 0 Å². The maximum absolute atomic E-state index is 10.5. The molecule has 1 N–H and O–H groups in total. The first kappa shape index (κ1) is 21.4. The quantitative estimate of drug-likeness (QED) is 0.622. The van der Waals surface area contributed by atoms with Crippen LogP contribution in [-0.2, 0) is 17.8 Å². The molecule has 3 rings (SSSR count). The molecule has 2 aromatic rings. The molecule has 0 aromatic heterocycles. The van der Waals surface area contributed by atoms with Gasteiger partial charge in [-0.15, -0.1) is 0 Å². The van der Waals surface area contributed by atoms with E-state index in [4.69, 9.17) is 18.9 Å². The molecule has 1 atom stereocenters. The summed E-state index contributed by atoms with van der Waals surface area (Å²) in [5, 5.41) is 10.5. The van der Waals surface area contributed by atoms with Gasteiger partial charge in [-0.05, 0) is 41.3 Å². The van der Waals surface area contributed by atoms with Crippen LogP contribution in [0.1, 0.15) is 25.0 Å². The molecular formula is C23H31NO5. The van der Waals surface area contributed by atoms with Gasteiger partial charge in [0, 0.05) is 26.2 Å². The average molecular weight is 402 g/mol. The summed E-state index contributed by atoms with van der Waals surface area (Å²) in [4.78, 5) is 2.21. The summed E-state index contributed by atoms with van der Waals surface area (Å²) in [7, 11) is 1.66. The Kier molecular flexibility index (Phi) is 7.75. The monoisotopic (exact) mass is 401 g/mol. The second-order valence-electron chi connectivity index (χ2n) is 7.79. The number of aliphatic hydroxyl groups excluding tert-OH is 1. The van der Waals surface area contributed by atoms with Crippen molar-refractivity contribution in [3.63, 3.8) is 0 Å². The van der Waals surface area contributed by atoms with Gasteiger partial charge in [0.25, 0.3) is 0 Å². The van der Waals surface area contributed by atoms with Gasteiger partial charge in [-0.3, -0.25) is 4.90 Å². The zero-order valence-electron chi connectivity index (χ0n) is 17.5. The van der Waals surface area contributed by atoms with Gasteiger partial charge < -0.3 is 24.1 Å². The second-order valence-corrected chi connectivity index (χ2v) is 7.79. The summed E-state index contributed by atoms with van der Waals surface area (Å²) in [5.74, 6) is 2.83. The highest BCUT2D eigenvalue weighted by molar-refractivity contribution is 5.44. The van der Waals surface area contributed by atoms with E-state index in [-0.39, 0.29) is 6.79 Å². The van der Waals surface area contributed by atoms with E-state index in [1.54, 1.807) is 7.11 Å². The molecule has 0 aliphatic carbocycles. The first-order chi connectivity index (χ1) is 14.0. The van der Waals surface area contributed by atoms with E-state index in [1.807, 2.05) is 42.5 Å². The Bertz CT molecular complexity index is 762. The van der Waals surface area contributed by atoms with Crippen LogP contribution in [0.5, 0.6) is 17.2 Å². The summed E-state index contributed by atoms with van der Waals surface area (Å²) in [6.07, 6.45) is -0.555. The standard InChI is InChI=1S/C23H31NO5/c1-17(2)14-27-15-20(25)13-24(11-18-4-7-21(26-3)8-5-18)12-19-6-9-22-23(10-19)29-16-28-22/h4-10,17,20,25H,11-16H2,1-3H3/t20-/m1/s1. The van der Waals surface area contributed by atoms with Crippen molar-refractivity contribution in [3.05, 3.63) is 53.6 Å². The van der Waals surface area contributed by atoms with E-state index in [1.165, 1.54) is 0 Å². The number of hydrogen-bond donors (Lipinski definition) is 1. The summed E-state index contributed by atoms with van der Waals surface area (Å²) in [6.45, 7) is 7.35. The molecule has 2 aromatic carbocycles. The van der Waals surface area contributed by atoms with Crippen LogP contribution in [-0.4, -0.2) is 49.8 Å². The molecule has 0 amide bonds. The third-order valence-electron chi connectivity index (χ3n) is 4.64. The van der Waals surface area contributed by atoms with Crippen molar-refractivity contribution in [2.24, 2.45) is 5.92 Å². The number of ether oxygens (including phenoxy) is 4. The van der Waals surface area contributed by atoms with Crippen LogP contribution in [0.3, 0.4) is 0 Å². The Morgan fingerprint density at radius 1 is 0.966 bits per heavy atom. The first-order valence-corrected chi connectivity index (χ1v) is 10.0. The molecule has 1 aliphatic heterocycles. The molecule has 29 heavy (non-hydrogen) atoms. The molecule has 0 unspecified atom stereocenters. The molecular weight excluding hydrogens is 370 g/mol. The second kappa shape index (κ2) is 10.5. The smallest absolute Gasteiger partial charge is 0.231 e. The maximum atomic E-state index is 10.5. The summed E-state index contributed by atoms with van der Waals surface area (Å²) in [5.41, 5.74) is 2.26. The zero-order chi connectivity index (χ0) is 20.6. The number of nitrogens with zero attached hydrogens (tertiary/aromatic N) is 1. The van der Waals surface area contributed by atoms with Gasteiger partial charge in [0.05, 0.1) is 19.8 Å². The van der Waals surface area contributed by atoms with Gasteiger partial charge in [-0.2, -0.15) is 0 Å². The van der Waals surface area contributed by atoms with Crippen molar-refractivity contribution in [1.29, 1.82) is 0 Å². The lowest BCUT2D eigenvalue weighted by atomic mass is 10.1. The molecule has 0 bridgehead atoms. The third kappa shape index (κ3) is 6.63. The Hall–Kier alpha value is -2.28. The van der Waals surface area contributed by atoms with Crippen molar-refractivity contribution in [1.82, 2.24) is 4.90 Å². The fraction of sp³-hybridized carbons (Fsp3) is 0.478. The predicted molar refractivity (Wildman–Crippen MR) is 111 cm³/mol. The van der Waals surface area contributed by atoms with Crippen LogP contribution in [0.25, 0.3) is 0 Å². The van der Waals surface area contributed by atoms with Crippen molar-refractivity contribution in [2.45, 2.75) is 33.0 Å². The van der Waals surface area contributed by atoms with Crippen molar-refractivity contribution < 1.29 is 24.1 Å². The minimum atomic E-state index is -0.555. The van der Waals surface area contributed by atoms with Crippen LogP contribution in [0, 0.1) is 5.92 Å². The lowest BCUT2D eigenvalue weighted by molar-refractivity contribution is 0.00554. The highest BCUT2D eigenvalue weighted by Crippen LogP contribution is 2.33. The Labute approximate surface area is 173 Å². The van der Waals surface area contributed by atoms with E-state index in [0.29, 0.717) is 38.8 Å². The number of aliphatic hydroxyl groups is 1. The van der Waals surface area contributed by atoms with Crippen LogP contribution in [0.15, 0.2) is 42.5 Å². The lowest BCUT2D eigenvalue weighted by Gasteiger charge is -2.25. The average Bonchev–Trinajstić information content (AvgIpc) is 3.16. The molecule has 0 saturated carbocycles. The molecule has 6 heteroatoms. The van der Waals surface area contributed by atoms with Crippen molar-refractivity contribution in [2.75, 3.05) is 33.7 Å². The minimum Gasteiger partial charge on any atom is -0.497 e. The summed E-state index contributed by atoms with van der Waals surface area (Å²) in [6, 6.07) is 14.0. The molecule has 0 saturated heterocycles.